The number of hydrogen-bond donors (Lipinski definition) is 2. The monoisotopic (exact) mass is 284 g/mol. The zero-order chi connectivity index (χ0) is 15.1. The first-order valence-electron chi connectivity index (χ1n) is 7.51. The van der Waals surface area contributed by atoms with Crippen molar-refractivity contribution in [1.29, 1.82) is 0 Å². The molecule has 3 nitrogen and oxygen atoms in total. The number of hydrogen-bond acceptors (Lipinski definition) is 3. The highest BCUT2D eigenvalue weighted by atomic mass is 16.5. The Morgan fingerprint density at radius 3 is 2.14 bits per heavy atom. The summed E-state index contributed by atoms with van der Waals surface area (Å²) in [6.07, 6.45) is 0.933. The minimum Gasteiger partial charge on any atom is -0.372 e. The molecule has 2 atom stereocenters. The van der Waals surface area contributed by atoms with Crippen molar-refractivity contribution in [3.05, 3.63) is 71.3 Å². The molecule has 0 aromatic heterocycles. The maximum absolute atomic E-state index is 5.95. The Morgan fingerprint density at radius 2 is 1.62 bits per heavy atom. The lowest BCUT2D eigenvalue weighted by Crippen LogP contribution is -2.33. The van der Waals surface area contributed by atoms with Crippen LogP contribution in [0.3, 0.4) is 0 Å². The Morgan fingerprint density at radius 1 is 0.952 bits per heavy atom. The molecule has 0 heterocycles. The molecule has 0 bridgehead atoms. The average Bonchev–Trinajstić information content (AvgIpc) is 2.56. The van der Waals surface area contributed by atoms with Crippen LogP contribution in [0, 0.1) is 0 Å². The molecule has 0 saturated carbocycles. The molecule has 0 radical (unpaired) electrons. The quantitative estimate of drug-likeness (QED) is 0.604. The first-order valence-corrected chi connectivity index (χ1v) is 7.51. The van der Waals surface area contributed by atoms with Crippen molar-refractivity contribution in [3.63, 3.8) is 0 Å². The van der Waals surface area contributed by atoms with Crippen molar-refractivity contribution in [2.45, 2.75) is 32.4 Å². The summed E-state index contributed by atoms with van der Waals surface area (Å²) in [5.41, 5.74) is 6.50. The van der Waals surface area contributed by atoms with Crippen LogP contribution in [0.5, 0.6) is 0 Å². The third-order valence-corrected chi connectivity index (χ3v) is 3.70. The lowest BCUT2D eigenvalue weighted by atomic mass is 9.95. The molecule has 112 valence electrons. The molecule has 0 aliphatic rings. The van der Waals surface area contributed by atoms with Gasteiger partial charge in [0.15, 0.2) is 0 Å². The van der Waals surface area contributed by atoms with E-state index in [2.05, 4.69) is 48.7 Å². The number of aryl methyl sites for hydroxylation is 1. The van der Waals surface area contributed by atoms with Gasteiger partial charge in [0.1, 0.15) is 6.10 Å². The van der Waals surface area contributed by atoms with Crippen LogP contribution in [0.25, 0.3) is 0 Å². The summed E-state index contributed by atoms with van der Waals surface area (Å²) in [4.78, 5) is 0. The van der Waals surface area contributed by atoms with Crippen LogP contribution in [-0.2, 0) is 11.2 Å². The third-order valence-electron chi connectivity index (χ3n) is 3.70. The van der Waals surface area contributed by atoms with E-state index in [0.717, 1.165) is 17.5 Å². The fourth-order valence-electron chi connectivity index (χ4n) is 2.53. The molecule has 2 rings (SSSR count). The van der Waals surface area contributed by atoms with E-state index in [1.54, 1.807) is 0 Å². The summed E-state index contributed by atoms with van der Waals surface area (Å²) in [5.74, 6) is 5.81. The Kier molecular flexibility index (Phi) is 5.93. The molecule has 0 fully saturated rings. The first-order chi connectivity index (χ1) is 10.3. The summed E-state index contributed by atoms with van der Waals surface area (Å²) in [6.45, 7) is 4.80. The maximum Gasteiger partial charge on any atom is 0.103 e. The van der Waals surface area contributed by atoms with Gasteiger partial charge in [-0.3, -0.25) is 11.3 Å². The highest BCUT2D eigenvalue weighted by molar-refractivity contribution is 5.29. The lowest BCUT2D eigenvalue weighted by Gasteiger charge is -2.27. The Labute approximate surface area is 127 Å². The second kappa shape index (κ2) is 7.93. The Balaban J connectivity index is 2.30. The Bertz CT molecular complexity index is 525. The molecule has 2 aromatic rings. The minimum absolute atomic E-state index is 0.0711. The van der Waals surface area contributed by atoms with Crippen molar-refractivity contribution in [1.82, 2.24) is 5.43 Å². The Hall–Kier alpha value is -1.68. The normalized spacial score (nSPS) is 13.9. The summed E-state index contributed by atoms with van der Waals surface area (Å²) in [7, 11) is 0. The minimum atomic E-state index is -0.103. The van der Waals surface area contributed by atoms with Crippen LogP contribution in [0.15, 0.2) is 54.6 Å². The van der Waals surface area contributed by atoms with Crippen molar-refractivity contribution in [2.24, 2.45) is 5.84 Å². The highest BCUT2D eigenvalue weighted by Gasteiger charge is 2.24. The van der Waals surface area contributed by atoms with E-state index >= 15 is 0 Å². The van der Waals surface area contributed by atoms with Crippen LogP contribution >= 0.6 is 0 Å². The summed E-state index contributed by atoms with van der Waals surface area (Å²) in [5, 5.41) is 0. The van der Waals surface area contributed by atoms with Crippen LogP contribution in [0.1, 0.15) is 42.7 Å². The van der Waals surface area contributed by atoms with Gasteiger partial charge in [0.25, 0.3) is 0 Å². The van der Waals surface area contributed by atoms with E-state index in [4.69, 9.17) is 10.6 Å². The van der Waals surface area contributed by atoms with Gasteiger partial charge in [-0.2, -0.15) is 0 Å². The van der Waals surface area contributed by atoms with Crippen LogP contribution in [0.2, 0.25) is 0 Å². The highest BCUT2D eigenvalue weighted by Crippen LogP contribution is 2.31. The second-order valence-corrected chi connectivity index (χ2v) is 5.03. The third kappa shape index (κ3) is 3.91. The zero-order valence-electron chi connectivity index (χ0n) is 12.8. The van der Waals surface area contributed by atoms with Crippen molar-refractivity contribution >= 4 is 0 Å². The molecule has 3 heteroatoms. The molecule has 2 aromatic carbocycles. The summed E-state index contributed by atoms with van der Waals surface area (Å²) >= 11 is 0. The fraction of sp³-hybridized carbons (Fsp3) is 0.333. The molecule has 0 spiro atoms. The number of rotatable bonds is 7. The van der Waals surface area contributed by atoms with Gasteiger partial charge in [0.2, 0.25) is 0 Å². The average molecular weight is 284 g/mol. The number of hydrazine groups is 1. The molecular weight excluding hydrogens is 260 g/mol. The molecule has 2 unspecified atom stereocenters. The van der Waals surface area contributed by atoms with E-state index in [9.17, 15) is 0 Å². The van der Waals surface area contributed by atoms with E-state index in [-0.39, 0.29) is 12.1 Å². The van der Waals surface area contributed by atoms with Crippen molar-refractivity contribution < 1.29 is 4.74 Å². The first kappa shape index (κ1) is 15.7. The molecule has 0 amide bonds. The van der Waals surface area contributed by atoms with Crippen molar-refractivity contribution in [3.8, 4) is 0 Å². The van der Waals surface area contributed by atoms with E-state index in [1.807, 2.05) is 25.1 Å². The second-order valence-electron chi connectivity index (χ2n) is 5.03. The maximum atomic E-state index is 5.95. The van der Waals surface area contributed by atoms with Gasteiger partial charge in [-0.05, 0) is 30.0 Å². The molecule has 0 aliphatic carbocycles. The summed E-state index contributed by atoms with van der Waals surface area (Å²) in [6, 6.07) is 18.7. The lowest BCUT2D eigenvalue weighted by molar-refractivity contribution is 0.0326. The largest absolute Gasteiger partial charge is 0.372 e. The number of benzene rings is 2. The van der Waals surface area contributed by atoms with E-state index < -0.39 is 0 Å². The predicted molar refractivity (Wildman–Crippen MR) is 86.7 cm³/mol. The SMILES string of the molecule is CCOC(c1ccccc1)C(NN)c1ccc(CC)cc1. The number of nitrogens with one attached hydrogen (secondary N) is 1. The molecule has 0 saturated heterocycles. The van der Waals surface area contributed by atoms with Gasteiger partial charge in [0.05, 0.1) is 6.04 Å². The zero-order valence-corrected chi connectivity index (χ0v) is 12.8. The van der Waals surface area contributed by atoms with Crippen LogP contribution < -0.4 is 11.3 Å². The molecule has 0 aliphatic heterocycles. The van der Waals surface area contributed by atoms with Gasteiger partial charge >= 0.3 is 0 Å². The van der Waals surface area contributed by atoms with Gasteiger partial charge < -0.3 is 4.74 Å². The smallest absolute Gasteiger partial charge is 0.103 e. The van der Waals surface area contributed by atoms with Crippen molar-refractivity contribution in [2.75, 3.05) is 6.61 Å². The summed E-state index contributed by atoms with van der Waals surface area (Å²) < 4.78 is 5.95. The predicted octanol–water partition coefficient (Wildman–Crippen LogP) is 3.53. The number of nitrogens with two attached hydrogens (primary N) is 1. The fourth-order valence-corrected chi connectivity index (χ4v) is 2.53. The van der Waals surface area contributed by atoms with Gasteiger partial charge in [-0.25, -0.2) is 0 Å². The van der Waals surface area contributed by atoms with Crippen LogP contribution in [-0.4, -0.2) is 6.61 Å². The van der Waals surface area contributed by atoms with Crippen LogP contribution in [0.4, 0.5) is 0 Å². The van der Waals surface area contributed by atoms with Gasteiger partial charge in [-0.1, -0.05) is 61.5 Å². The molecule has 3 N–H and O–H groups in total. The molecular formula is C18H24N2O. The standard InChI is InChI=1S/C18H24N2O/c1-3-14-10-12-15(13-11-14)17(20-19)18(21-4-2)16-8-6-5-7-9-16/h5-13,17-18,20H,3-4,19H2,1-2H3. The van der Waals surface area contributed by atoms with E-state index in [1.165, 1.54) is 5.56 Å². The van der Waals surface area contributed by atoms with Gasteiger partial charge in [-0.15, -0.1) is 0 Å². The number of ether oxygens (including phenoxy) is 1. The molecule has 21 heavy (non-hydrogen) atoms. The topological polar surface area (TPSA) is 47.3 Å². The van der Waals surface area contributed by atoms with E-state index in [0.29, 0.717) is 6.61 Å². The van der Waals surface area contributed by atoms with Gasteiger partial charge in [0, 0.05) is 6.61 Å².